The standard InChI is InChI=1S/C20H24N2O4/c1-3-7-17(14-8-5-4-6-9-14)22-19(23)13-26-18-12-15(25-2)10-11-16(18)20(21)24/h4-6,8-12,17H,3,7,13H2,1-2H3,(H2,21,24)(H,22,23)/t17-/m1/s1. The number of benzene rings is 2. The average Bonchev–Trinajstić information content (AvgIpc) is 2.66. The van der Waals surface area contributed by atoms with E-state index in [0.29, 0.717) is 5.75 Å². The predicted octanol–water partition coefficient (Wildman–Crippen LogP) is 2.83. The molecule has 0 saturated carbocycles. The van der Waals surface area contributed by atoms with Gasteiger partial charge in [0.25, 0.3) is 11.8 Å². The maximum Gasteiger partial charge on any atom is 0.258 e. The summed E-state index contributed by atoms with van der Waals surface area (Å²) in [5.41, 5.74) is 6.59. The Morgan fingerprint density at radius 2 is 1.88 bits per heavy atom. The average molecular weight is 356 g/mol. The molecular formula is C20H24N2O4. The Labute approximate surface area is 153 Å². The van der Waals surface area contributed by atoms with Crippen LogP contribution in [-0.2, 0) is 4.79 Å². The van der Waals surface area contributed by atoms with Gasteiger partial charge in [0.1, 0.15) is 11.5 Å². The predicted molar refractivity (Wildman–Crippen MR) is 99.2 cm³/mol. The minimum atomic E-state index is -0.629. The molecule has 0 aromatic heterocycles. The van der Waals surface area contributed by atoms with Crippen molar-refractivity contribution < 1.29 is 19.1 Å². The molecule has 0 spiro atoms. The molecule has 0 fully saturated rings. The zero-order chi connectivity index (χ0) is 18.9. The van der Waals surface area contributed by atoms with Gasteiger partial charge >= 0.3 is 0 Å². The van der Waals surface area contributed by atoms with E-state index in [1.807, 2.05) is 30.3 Å². The monoisotopic (exact) mass is 356 g/mol. The fourth-order valence-corrected chi connectivity index (χ4v) is 2.63. The van der Waals surface area contributed by atoms with Crippen molar-refractivity contribution in [3.05, 3.63) is 59.7 Å². The molecule has 138 valence electrons. The first-order valence-corrected chi connectivity index (χ1v) is 8.50. The number of hydrogen-bond acceptors (Lipinski definition) is 4. The molecule has 0 saturated heterocycles. The number of carbonyl (C=O) groups is 2. The van der Waals surface area contributed by atoms with E-state index in [0.717, 1.165) is 18.4 Å². The van der Waals surface area contributed by atoms with Crippen LogP contribution in [0.1, 0.15) is 41.7 Å². The molecule has 2 amide bonds. The Kier molecular flexibility index (Phi) is 7.02. The third kappa shape index (κ3) is 5.24. The van der Waals surface area contributed by atoms with Gasteiger partial charge in [-0.25, -0.2) is 0 Å². The van der Waals surface area contributed by atoms with Crippen molar-refractivity contribution in [1.82, 2.24) is 5.32 Å². The molecule has 2 aromatic rings. The lowest BCUT2D eigenvalue weighted by molar-refractivity contribution is -0.123. The van der Waals surface area contributed by atoms with Crippen LogP contribution < -0.4 is 20.5 Å². The second kappa shape index (κ2) is 9.46. The van der Waals surface area contributed by atoms with Crippen molar-refractivity contribution in [1.29, 1.82) is 0 Å². The normalized spacial score (nSPS) is 11.5. The summed E-state index contributed by atoms with van der Waals surface area (Å²) >= 11 is 0. The van der Waals surface area contributed by atoms with Crippen molar-refractivity contribution in [2.24, 2.45) is 5.73 Å². The van der Waals surface area contributed by atoms with Crippen LogP contribution in [0.3, 0.4) is 0 Å². The number of methoxy groups -OCH3 is 1. The zero-order valence-corrected chi connectivity index (χ0v) is 15.0. The maximum atomic E-state index is 12.3. The molecule has 6 heteroatoms. The summed E-state index contributed by atoms with van der Waals surface area (Å²) < 4.78 is 10.6. The molecule has 2 rings (SSSR count). The molecule has 6 nitrogen and oxygen atoms in total. The van der Waals surface area contributed by atoms with E-state index in [2.05, 4.69) is 12.2 Å². The highest BCUT2D eigenvalue weighted by atomic mass is 16.5. The van der Waals surface area contributed by atoms with Gasteiger partial charge < -0.3 is 20.5 Å². The first-order chi connectivity index (χ1) is 12.5. The molecule has 26 heavy (non-hydrogen) atoms. The Balaban J connectivity index is 2.04. The van der Waals surface area contributed by atoms with Crippen LogP contribution in [0.25, 0.3) is 0 Å². The van der Waals surface area contributed by atoms with Crippen LogP contribution in [0.2, 0.25) is 0 Å². The highest BCUT2D eigenvalue weighted by Gasteiger charge is 2.16. The number of rotatable bonds is 9. The van der Waals surface area contributed by atoms with Crippen molar-refractivity contribution in [2.75, 3.05) is 13.7 Å². The lowest BCUT2D eigenvalue weighted by Crippen LogP contribution is -2.33. The maximum absolute atomic E-state index is 12.3. The van der Waals surface area contributed by atoms with E-state index < -0.39 is 5.91 Å². The lowest BCUT2D eigenvalue weighted by atomic mass is 10.0. The number of ether oxygens (including phenoxy) is 2. The summed E-state index contributed by atoms with van der Waals surface area (Å²) in [6.45, 7) is 1.84. The fraction of sp³-hybridized carbons (Fsp3) is 0.300. The smallest absolute Gasteiger partial charge is 0.258 e. The van der Waals surface area contributed by atoms with Crippen molar-refractivity contribution >= 4 is 11.8 Å². The van der Waals surface area contributed by atoms with Gasteiger partial charge in [0.15, 0.2) is 6.61 Å². The molecule has 1 atom stereocenters. The highest BCUT2D eigenvalue weighted by molar-refractivity contribution is 5.96. The Bertz CT molecular complexity index is 747. The lowest BCUT2D eigenvalue weighted by Gasteiger charge is -2.19. The largest absolute Gasteiger partial charge is 0.497 e. The quantitative estimate of drug-likeness (QED) is 0.723. The summed E-state index contributed by atoms with van der Waals surface area (Å²) in [6.07, 6.45) is 1.75. The van der Waals surface area contributed by atoms with Crippen molar-refractivity contribution in [3.8, 4) is 11.5 Å². The van der Waals surface area contributed by atoms with Gasteiger partial charge in [0, 0.05) is 6.07 Å². The topological polar surface area (TPSA) is 90.7 Å². The van der Waals surface area contributed by atoms with Crippen LogP contribution in [0.15, 0.2) is 48.5 Å². The summed E-state index contributed by atoms with van der Waals surface area (Å²) in [4.78, 5) is 23.8. The van der Waals surface area contributed by atoms with Gasteiger partial charge in [-0.15, -0.1) is 0 Å². The molecule has 0 aliphatic rings. The van der Waals surface area contributed by atoms with Crippen LogP contribution in [-0.4, -0.2) is 25.5 Å². The molecule has 3 N–H and O–H groups in total. The summed E-state index contributed by atoms with van der Waals surface area (Å²) in [6, 6.07) is 14.4. The Hall–Kier alpha value is -3.02. The zero-order valence-electron chi connectivity index (χ0n) is 15.0. The number of nitrogens with two attached hydrogens (primary N) is 1. The van der Waals surface area contributed by atoms with Gasteiger partial charge in [-0.05, 0) is 24.1 Å². The molecule has 0 unspecified atom stereocenters. The van der Waals surface area contributed by atoms with E-state index >= 15 is 0 Å². The number of primary amides is 1. The highest BCUT2D eigenvalue weighted by Crippen LogP contribution is 2.24. The second-order valence-corrected chi connectivity index (χ2v) is 5.83. The van der Waals surface area contributed by atoms with Gasteiger partial charge in [0.05, 0.1) is 18.7 Å². The number of hydrogen-bond donors (Lipinski definition) is 2. The minimum Gasteiger partial charge on any atom is -0.497 e. The van der Waals surface area contributed by atoms with Crippen LogP contribution in [0.4, 0.5) is 0 Å². The Morgan fingerprint density at radius 3 is 2.50 bits per heavy atom. The Morgan fingerprint density at radius 1 is 1.15 bits per heavy atom. The molecule has 0 radical (unpaired) electrons. The van der Waals surface area contributed by atoms with Crippen molar-refractivity contribution in [3.63, 3.8) is 0 Å². The summed E-state index contributed by atoms with van der Waals surface area (Å²) in [5.74, 6) is -0.168. The van der Waals surface area contributed by atoms with Gasteiger partial charge in [-0.2, -0.15) is 0 Å². The second-order valence-electron chi connectivity index (χ2n) is 5.83. The van der Waals surface area contributed by atoms with Crippen LogP contribution >= 0.6 is 0 Å². The number of carbonyl (C=O) groups excluding carboxylic acids is 2. The van der Waals surface area contributed by atoms with E-state index in [9.17, 15) is 9.59 Å². The van der Waals surface area contributed by atoms with Gasteiger partial charge in [-0.3, -0.25) is 9.59 Å². The molecule has 0 bridgehead atoms. The van der Waals surface area contributed by atoms with E-state index in [1.165, 1.54) is 19.2 Å². The number of amides is 2. The SMILES string of the molecule is CCC[C@@H](NC(=O)COc1cc(OC)ccc1C(N)=O)c1ccccc1. The first-order valence-electron chi connectivity index (χ1n) is 8.50. The van der Waals surface area contributed by atoms with Crippen LogP contribution in [0, 0.1) is 0 Å². The third-order valence-electron chi connectivity index (χ3n) is 3.93. The molecule has 0 heterocycles. The third-order valence-corrected chi connectivity index (χ3v) is 3.93. The van der Waals surface area contributed by atoms with Gasteiger partial charge in [0.2, 0.25) is 0 Å². The molecule has 0 aliphatic carbocycles. The summed E-state index contributed by atoms with van der Waals surface area (Å²) in [7, 11) is 1.50. The van der Waals surface area contributed by atoms with Gasteiger partial charge in [-0.1, -0.05) is 43.7 Å². The van der Waals surface area contributed by atoms with E-state index in [1.54, 1.807) is 6.07 Å². The minimum absolute atomic E-state index is 0.0850. The van der Waals surface area contributed by atoms with E-state index in [4.69, 9.17) is 15.2 Å². The molecular weight excluding hydrogens is 332 g/mol. The fourth-order valence-electron chi connectivity index (χ4n) is 2.63. The van der Waals surface area contributed by atoms with Crippen LogP contribution in [0.5, 0.6) is 11.5 Å². The van der Waals surface area contributed by atoms with E-state index in [-0.39, 0.29) is 29.9 Å². The van der Waals surface area contributed by atoms with Crippen molar-refractivity contribution in [2.45, 2.75) is 25.8 Å². The molecule has 0 aliphatic heterocycles. The molecule has 2 aromatic carbocycles. The number of nitrogens with one attached hydrogen (secondary N) is 1. The first kappa shape index (κ1) is 19.3. The summed E-state index contributed by atoms with van der Waals surface area (Å²) in [5, 5.41) is 2.97.